The molecule has 1 aromatic carbocycles. The Hall–Kier alpha value is -2.46. The van der Waals surface area contributed by atoms with Crippen molar-refractivity contribution in [2.24, 2.45) is 0 Å². The first-order chi connectivity index (χ1) is 15.9. The fraction of sp³-hybridized carbons (Fsp3) is 0.435. The van der Waals surface area contributed by atoms with E-state index in [0.717, 1.165) is 24.2 Å². The summed E-state index contributed by atoms with van der Waals surface area (Å²) in [7, 11) is 1.58. The van der Waals surface area contributed by atoms with Gasteiger partial charge >= 0.3 is 5.97 Å². The smallest absolute Gasteiger partial charge is 0.338 e. The van der Waals surface area contributed by atoms with Crippen LogP contribution in [0.1, 0.15) is 45.2 Å². The van der Waals surface area contributed by atoms with Gasteiger partial charge in [0.15, 0.2) is 11.5 Å². The van der Waals surface area contributed by atoms with Crippen LogP contribution in [0.25, 0.3) is 0 Å². The van der Waals surface area contributed by atoms with E-state index in [1.165, 1.54) is 0 Å². The van der Waals surface area contributed by atoms with Crippen LogP contribution in [-0.4, -0.2) is 46.8 Å². The molecule has 8 nitrogen and oxygen atoms in total. The molecule has 1 aliphatic heterocycles. The van der Waals surface area contributed by atoms with Crippen molar-refractivity contribution in [1.82, 2.24) is 14.8 Å². The van der Waals surface area contributed by atoms with Gasteiger partial charge in [0.2, 0.25) is 11.1 Å². The number of hydrogen-bond donors (Lipinski definition) is 1. The van der Waals surface area contributed by atoms with Crippen molar-refractivity contribution in [2.75, 3.05) is 31.4 Å². The Balaban J connectivity index is 2.12. The van der Waals surface area contributed by atoms with Gasteiger partial charge in [-0.2, -0.15) is 4.98 Å². The second-order valence-corrected chi connectivity index (χ2v) is 9.20. The Kier molecular flexibility index (Phi) is 8.85. The van der Waals surface area contributed by atoms with E-state index in [-0.39, 0.29) is 6.61 Å². The normalized spacial score (nSPS) is 15.0. The van der Waals surface area contributed by atoms with Crippen molar-refractivity contribution >= 4 is 39.6 Å². The maximum absolute atomic E-state index is 13.1. The lowest BCUT2D eigenvalue weighted by Crippen LogP contribution is -2.29. The van der Waals surface area contributed by atoms with Crippen molar-refractivity contribution in [1.29, 1.82) is 0 Å². The number of nitrogens with zero attached hydrogens (tertiary/aromatic N) is 3. The molecule has 178 valence electrons. The number of allylic oxidation sites excluding steroid dienone is 1. The maximum Gasteiger partial charge on any atom is 0.338 e. The number of thioether (sulfide) groups is 1. The molecule has 1 aliphatic rings. The number of carbonyl (C=O) groups is 1. The van der Waals surface area contributed by atoms with E-state index in [2.05, 4.69) is 39.7 Å². The molecule has 0 aliphatic carbocycles. The van der Waals surface area contributed by atoms with Gasteiger partial charge in [-0.25, -0.2) is 9.48 Å². The van der Waals surface area contributed by atoms with Crippen LogP contribution in [0.5, 0.6) is 11.5 Å². The van der Waals surface area contributed by atoms with Gasteiger partial charge in [-0.3, -0.25) is 0 Å². The summed E-state index contributed by atoms with van der Waals surface area (Å²) in [5.74, 6) is 2.20. The first-order valence-electron chi connectivity index (χ1n) is 10.8. The maximum atomic E-state index is 13.1. The molecule has 0 amide bonds. The van der Waals surface area contributed by atoms with Crippen LogP contribution in [0.15, 0.2) is 45.7 Å². The number of aromatic nitrogens is 3. The van der Waals surface area contributed by atoms with Crippen molar-refractivity contribution in [2.45, 2.75) is 44.8 Å². The van der Waals surface area contributed by atoms with Crippen molar-refractivity contribution in [3.63, 3.8) is 0 Å². The van der Waals surface area contributed by atoms with Crippen molar-refractivity contribution < 1.29 is 19.0 Å². The van der Waals surface area contributed by atoms with E-state index in [9.17, 15) is 4.79 Å². The third-order valence-electron chi connectivity index (χ3n) is 4.97. The minimum absolute atomic E-state index is 0.112. The van der Waals surface area contributed by atoms with Gasteiger partial charge in [-0.15, -0.1) is 5.10 Å². The van der Waals surface area contributed by atoms with E-state index in [1.807, 2.05) is 26.0 Å². The number of ether oxygens (including phenoxy) is 3. The first-order valence-corrected chi connectivity index (χ1v) is 12.6. The number of methoxy groups -OCH3 is 1. The van der Waals surface area contributed by atoms with Crippen LogP contribution in [0.3, 0.4) is 0 Å². The Labute approximate surface area is 206 Å². The molecule has 33 heavy (non-hydrogen) atoms. The molecule has 1 unspecified atom stereocenters. The van der Waals surface area contributed by atoms with Gasteiger partial charge in [-0.1, -0.05) is 37.8 Å². The summed E-state index contributed by atoms with van der Waals surface area (Å²) in [5, 5.41) is 8.60. The zero-order valence-electron chi connectivity index (χ0n) is 19.3. The van der Waals surface area contributed by atoms with E-state index in [0.29, 0.717) is 45.0 Å². The number of benzene rings is 1. The molecule has 0 saturated carbocycles. The standard InChI is InChI=1S/C23H29BrN4O4S/c1-6-9-11-33-23-26-22-25-14(4)18(21(29)32-10-7-2)19(28(22)27-23)15-12-16(24)20(31-8-3)17(13-15)30-5/h7,12-13,19H,2,6,8-11H2,1,3-5H3,(H,25,26,27). The fourth-order valence-corrected chi connectivity index (χ4v) is 4.95. The lowest BCUT2D eigenvalue weighted by atomic mass is 9.95. The molecule has 0 bridgehead atoms. The van der Waals surface area contributed by atoms with Crippen LogP contribution < -0.4 is 14.8 Å². The molecule has 1 atom stereocenters. The quantitative estimate of drug-likeness (QED) is 0.178. The van der Waals surface area contributed by atoms with Gasteiger partial charge in [0.05, 0.1) is 23.8 Å². The third kappa shape index (κ3) is 5.55. The Bertz CT molecular complexity index is 1050. The molecule has 3 rings (SSSR count). The largest absolute Gasteiger partial charge is 0.493 e. The predicted molar refractivity (Wildman–Crippen MR) is 133 cm³/mol. The highest BCUT2D eigenvalue weighted by molar-refractivity contribution is 9.10. The summed E-state index contributed by atoms with van der Waals surface area (Å²) >= 11 is 5.19. The summed E-state index contributed by atoms with van der Waals surface area (Å²) in [6.45, 7) is 10.1. The number of nitrogens with one attached hydrogen (secondary N) is 1. The highest BCUT2D eigenvalue weighted by Crippen LogP contribution is 2.43. The molecule has 2 aromatic rings. The molecule has 0 spiro atoms. The summed E-state index contributed by atoms with van der Waals surface area (Å²) in [5.41, 5.74) is 1.88. The van der Waals surface area contributed by atoms with Crippen molar-refractivity contribution in [3.8, 4) is 11.5 Å². The third-order valence-corrected chi connectivity index (χ3v) is 6.48. The Morgan fingerprint density at radius 3 is 2.85 bits per heavy atom. The van der Waals surface area contributed by atoms with E-state index in [1.54, 1.807) is 29.6 Å². The number of halogens is 1. The average Bonchev–Trinajstić information content (AvgIpc) is 3.20. The van der Waals surface area contributed by atoms with Gasteiger partial charge in [-0.05, 0) is 53.9 Å². The number of hydrogen-bond acceptors (Lipinski definition) is 8. The van der Waals surface area contributed by atoms with E-state index < -0.39 is 12.0 Å². The summed E-state index contributed by atoms with van der Waals surface area (Å²) < 4.78 is 19.2. The van der Waals surface area contributed by atoms with Crippen LogP contribution in [0.2, 0.25) is 0 Å². The average molecular weight is 537 g/mol. The van der Waals surface area contributed by atoms with Gasteiger partial charge in [0.1, 0.15) is 12.6 Å². The lowest BCUT2D eigenvalue weighted by molar-refractivity contribution is -0.138. The minimum Gasteiger partial charge on any atom is -0.493 e. The highest BCUT2D eigenvalue weighted by atomic mass is 79.9. The van der Waals surface area contributed by atoms with Gasteiger partial charge in [0, 0.05) is 11.4 Å². The Morgan fingerprint density at radius 2 is 2.18 bits per heavy atom. The molecular weight excluding hydrogens is 508 g/mol. The van der Waals surface area contributed by atoms with E-state index >= 15 is 0 Å². The summed E-state index contributed by atoms with van der Waals surface area (Å²) in [6.07, 6.45) is 3.71. The zero-order valence-corrected chi connectivity index (χ0v) is 21.7. The second kappa shape index (κ2) is 11.6. The molecule has 0 saturated heterocycles. The van der Waals surface area contributed by atoms with E-state index in [4.69, 9.17) is 19.3 Å². The number of carbonyl (C=O) groups excluding carboxylic acids is 1. The number of unbranched alkanes of at least 4 members (excludes halogenated alkanes) is 1. The van der Waals surface area contributed by atoms with Gasteiger partial charge < -0.3 is 19.5 Å². The Morgan fingerprint density at radius 1 is 1.39 bits per heavy atom. The van der Waals surface area contributed by atoms with Crippen LogP contribution in [0.4, 0.5) is 5.95 Å². The van der Waals surface area contributed by atoms with Crippen molar-refractivity contribution in [3.05, 3.63) is 46.1 Å². The molecule has 0 fully saturated rings. The lowest BCUT2D eigenvalue weighted by Gasteiger charge is -2.28. The molecule has 2 heterocycles. The predicted octanol–water partition coefficient (Wildman–Crippen LogP) is 5.36. The zero-order chi connectivity index (χ0) is 24.0. The SMILES string of the molecule is C=CCOC(=O)C1=C(C)Nc2nc(SCCCC)nn2C1c1cc(Br)c(OCC)c(OC)c1. The summed E-state index contributed by atoms with van der Waals surface area (Å²) in [4.78, 5) is 17.7. The summed E-state index contributed by atoms with van der Waals surface area (Å²) in [6, 6.07) is 3.20. The molecule has 0 radical (unpaired) electrons. The fourth-order valence-electron chi connectivity index (χ4n) is 3.47. The first kappa shape index (κ1) is 25.2. The number of rotatable bonds is 11. The molecule has 1 aromatic heterocycles. The van der Waals surface area contributed by atoms with Crippen LogP contribution in [0, 0.1) is 0 Å². The molecular formula is C23H29BrN4O4S. The van der Waals surface area contributed by atoms with Gasteiger partial charge in [0.25, 0.3) is 0 Å². The molecule has 1 N–H and O–H groups in total. The number of fused-ring (bicyclic) bond motifs is 1. The van der Waals surface area contributed by atoms with Crippen LogP contribution in [-0.2, 0) is 9.53 Å². The number of esters is 1. The van der Waals surface area contributed by atoms with Crippen LogP contribution >= 0.6 is 27.7 Å². The monoisotopic (exact) mass is 536 g/mol. The number of anilines is 1. The second-order valence-electron chi connectivity index (χ2n) is 7.29. The highest BCUT2D eigenvalue weighted by Gasteiger charge is 2.36. The topological polar surface area (TPSA) is 87.5 Å². The molecule has 10 heteroatoms. The minimum atomic E-state index is -0.563.